The summed E-state index contributed by atoms with van der Waals surface area (Å²) in [6, 6.07) is 9.16. The molecule has 0 spiro atoms. The van der Waals surface area contributed by atoms with Gasteiger partial charge in [-0.3, -0.25) is 0 Å². The number of rotatable bonds is 3. The van der Waals surface area contributed by atoms with E-state index in [2.05, 4.69) is 5.32 Å². The van der Waals surface area contributed by atoms with Crippen LogP contribution in [0.15, 0.2) is 30.3 Å². The molecule has 0 aliphatic rings. The highest BCUT2D eigenvalue weighted by atomic mass is 19.1. The number of halogens is 1. The summed E-state index contributed by atoms with van der Waals surface area (Å²) < 4.78 is 13.1. The van der Waals surface area contributed by atoms with E-state index in [0.29, 0.717) is 6.54 Å². The van der Waals surface area contributed by atoms with Gasteiger partial charge in [0, 0.05) is 6.54 Å². The molecular formula is C9H12FN. The van der Waals surface area contributed by atoms with Crippen molar-refractivity contribution in [2.45, 2.75) is 6.17 Å². The van der Waals surface area contributed by atoms with Gasteiger partial charge in [-0.1, -0.05) is 30.3 Å². The highest BCUT2D eigenvalue weighted by Crippen LogP contribution is 2.14. The van der Waals surface area contributed by atoms with Crippen molar-refractivity contribution in [3.8, 4) is 0 Å². The Morgan fingerprint density at radius 3 is 2.55 bits per heavy atom. The Hall–Kier alpha value is -0.890. The second-order valence-corrected chi connectivity index (χ2v) is 2.44. The first-order chi connectivity index (χ1) is 5.34. The molecule has 1 nitrogen and oxygen atoms in total. The molecule has 0 heterocycles. The third-order valence-corrected chi connectivity index (χ3v) is 1.54. The molecule has 0 bridgehead atoms. The van der Waals surface area contributed by atoms with Crippen LogP contribution in [-0.2, 0) is 0 Å². The van der Waals surface area contributed by atoms with E-state index in [-0.39, 0.29) is 0 Å². The quantitative estimate of drug-likeness (QED) is 0.699. The van der Waals surface area contributed by atoms with Crippen molar-refractivity contribution < 1.29 is 4.39 Å². The van der Waals surface area contributed by atoms with Gasteiger partial charge in [-0.05, 0) is 12.6 Å². The number of benzene rings is 1. The summed E-state index contributed by atoms with van der Waals surface area (Å²) in [5.41, 5.74) is 0.738. The zero-order valence-corrected chi connectivity index (χ0v) is 6.55. The fraction of sp³-hybridized carbons (Fsp3) is 0.333. The lowest BCUT2D eigenvalue weighted by Crippen LogP contribution is -2.13. The summed E-state index contributed by atoms with van der Waals surface area (Å²) in [5, 5.41) is 2.79. The lowest BCUT2D eigenvalue weighted by molar-refractivity contribution is 0.335. The Bertz CT molecular complexity index is 198. The van der Waals surface area contributed by atoms with Gasteiger partial charge in [0.2, 0.25) is 0 Å². The molecule has 1 atom stereocenters. The van der Waals surface area contributed by atoms with Crippen LogP contribution in [0, 0.1) is 0 Å². The Labute approximate surface area is 66.2 Å². The third-order valence-electron chi connectivity index (χ3n) is 1.54. The Morgan fingerprint density at radius 1 is 1.36 bits per heavy atom. The number of hydrogen-bond donors (Lipinski definition) is 1. The topological polar surface area (TPSA) is 12.0 Å². The van der Waals surface area contributed by atoms with Crippen LogP contribution < -0.4 is 5.32 Å². The maximum absolute atomic E-state index is 13.1. The highest BCUT2D eigenvalue weighted by Gasteiger charge is 2.05. The van der Waals surface area contributed by atoms with Crippen molar-refractivity contribution in [3.63, 3.8) is 0 Å². The molecule has 0 saturated heterocycles. The predicted molar refractivity (Wildman–Crippen MR) is 44.2 cm³/mol. The van der Waals surface area contributed by atoms with E-state index in [1.807, 2.05) is 18.2 Å². The fourth-order valence-electron chi connectivity index (χ4n) is 0.959. The Balaban J connectivity index is 2.61. The predicted octanol–water partition coefficient (Wildman–Crippen LogP) is 1.92. The smallest absolute Gasteiger partial charge is 0.137 e. The van der Waals surface area contributed by atoms with Gasteiger partial charge in [0.25, 0.3) is 0 Å². The van der Waals surface area contributed by atoms with Crippen LogP contribution in [0.1, 0.15) is 11.7 Å². The second-order valence-electron chi connectivity index (χ2n) is 2.44. The molecule has 1 N–H and O–H groups in total. The minimum Gasteiger partial charge on any atom is -0.317 e. The second kappa shape index (κ2) is 4.09. The average molecular weight is 153 g/mol. The monoisotopic (exact) mass is 153 g/mol. The average Bonchev–Trinajstić information content (AvgIpc) is 2.07. The molecule has 60 valence electrons. The number of nitrogens with one attached hydrogen (secondary N) is 1. The van der Waals surface area contributed by atoms with E-state index >= 15 is 0 Å². The van der Waals surface area contributed by atoms with Gasteiger partial charge in [-0.15, -0.1) is 0 Å². The summed E-state index contributed by atoms with van der Waals surface area (Å²) in [7, 11) is 1.75. The number of hydrogen-bond acceptors (Lipinski definition) is 1. The molecule has 0 aromatic heterocycles. The minimum absolute atomic E-state index is 0.379. The van der Waals surface area contributed by atoms with Gasteiger partial charge in [0.05, 0.1) is 0 Å². The van der Waals surface area contributed by atoms with Gasteiger partial charge in [0.15, 0.2) is 0 Å². The first-order valence-corrected chi connectivity index (χ1v) is 3.68. The maximum atomic E-state index is 13.1. The van der Waals surface area contributed by atoms with E-state index in [0.717, 1.165) is 5.56 Å². The van der Waals surface area contributed by atoms with E-state index in [1.165, 1.54) is 0 Å². The van der Waals surface area contributed by atoms with Crippen LogP contribution >= 0.6 is 0 Å². The van der Waals surface area contributed by atoms with Crippen molar-refractivity contribution in [1.29, 1.82) is 0 Å². The molecule has 1 unspecified atom stereocenters. The van der Waals surface area contributed by atoms with Gasteiger partial charge >= 0.3 is 0 Å². The Morgan fingerprint density at radius 2 is 2.00 bits per heavy atom. The van der Waals surface area contributed by atoms with Crippen LogP contribution in [0.25, 0.3) is 0 Å². The Kier molecular flexibility index (Phi) is 3.05. The molecule has 1 aromatic rings. The molecule has 0 aliphatic carbocycles. The number of alkyl halides is 1. The molecular weight excluding hydrogens is 141 g/mol. The van der Waals surface area contributed by atoms with Crippen molar-refractivity contribution in [3.05, 3.63) is 35.9 Å². The molecule has 1 aromatic carbocycles. The molecule has 11 heavy (non-hydrogen) atoms. The van der Waals surface area contributed by atoms with Gasteiger partial charge in [-0.25, -0.2) is 4.39 Å². The fourth-order valence-corrected chi connectivity index (χ4v) is 0.959. The molecule has 0 aliphatic heterocycles. The minimum atomic E-state index is -0.888. The van der Waals surface area contributed by atoms with E-state index < -0.39 is 6.17 Å². The van der Waals surface area contributed by atoms with E-state index in [1.54, 1.807) is 19.2 Å². The first-order valence-electron chi connectivity index (χ1n) is 3.68. The molecule has 0 radical (unpaired) electrons. The van der Waals surface area contributed by atoms with Crippen LogP contribution in [0.3, 0.4) is 0 Å². The third kappa shape index (κ3) is 2.31. The lowest BCUT2D eigenvalue weighted by Gasteiger charge is -2.06. The molecule has 1 rings (SSSR count). The van der Waals surface area contributed by atoms with Crippen molar-refractivity contribution in [2.75, 3.05) is 13.6 Å². The van der Waals surface area contributed by atoms with E-state index in [9.17, 15) is 4.39 Å². The molecule has 0 amide bonds. The largest absolute Gasteiger partial charge is 0.317 e. The molecule has 0 saturated carbocycles. The normalized spacial score (nSPS) is 12.9. The first kappa shape index (κ1) is 8.21. The van der Waals surface area contributed by atoms with Crippen LogP contribution in [0.5, 0.6) is 0 Å². The van der Waals surface area contributed by atoms with E-state index in [4.69, 9.17) is 0 Å². The molecule has 2 heteroatoms. The zero-order chi connectivity index (χ0) is 8.10. The van der Waals surface area contributed by atoms with Crippen molar-refractivity contribution in [1.82, 2.24) is 5.32 Å². The summed E-state index contributed by atoms with van der Waals surface area (Å²) in [6.07, 6.45) is -0.888. The highest BCUT2D eigenvalue weighted by molar-refractivity contribution is 5.17. The van der Waals surface area contributed by atoms with Gasteiger partial charge < -0.3 is 5.32 Å². The summed E-state index contributed by atoms with van der Waals surface area (Å²) in [6.45, 7) is 0.379. The SMILES string of the molecule is CNCC(F)c1ccccc1. The number of likely N-dealkylation sites (N-methyl/N-ethyl adjacent to an activating group) is 1. The summed E-state index contributed by atoms with van der Waals surface area (Å²) >= 11 is 0. The van der Waals surface area contributed by atoms with Gasteiger partial charge in [-0.2, -0.15) is 0 Å². The molecule has 0 fully saturated rings. The standard InChI is InChI=1S/C9H12FN/c1-11-7-9(10)8-5-3-2-4-6-8/h2-6,9,11H,7H2,1H3. The van der Waals surface area contributed by atoms with Crippen molar-refractivity contribution in [2.24, 2.45) is 0 Å². The maximum Gasteiger partial charge on any atom is 0.137 e. The van der Waals surface area contributed by atoms with Crippen molar-refractivity contribution >= 4 is 0 Å². The van der Waals surface area contributed by atoms with Crippen LogP contribution in [0.4, 0.5) is 4.39 Å². The lowest BCUT2D eigenvalue weighted by atomic mass is 10.1. The summed E-state index contributed by atoms with van der Waals surface area (Å²) in [4.78, 5) is 0. The van der Waals surface area contributed by atoms with Gasteiger partial charge in [0.1, 0.15) is 6.17 Å². The van der Waals surface area contributed by atoms with Crippen LogP contribution in [0.2, 0.25) is 0 Å². The zero-order valence-electron chi connectivity index (χ0n) is 6.55. The van der Waals surface area contributed by atoms with Crippen LogP contribution in [-0.4, -0.2) is 13.6 Å². The summed E-state index contributed by atoms with van der Waals surface area (Å²) in [5.74, 6) is 0.